The molecule has 2 rings (SSSR count). The van der Waals surface area contributed by atoms with Crippen LogP contribution in [0.5, 0.6) is 0 Å². The maximum Gasteiger partial charge on any atom is 0.133 e. The number of aryl methyl sites for hydroxylation is 2. The highest BCUT2D eigenvalue weighted by molar-refractivity contribution is 5.47. The molecule has 0 spiro atoms. The van der Waals surface area contributed by atoms with Gasteiger partial charge in [0.25, 0.3) is 0 Å². The van der Waals surface area contributed by atoms with Gasteiger partial charge in [0.1, 0.15) is 11.6 Å². The second-order valence-corrected chi connectivity index (χ2v) is 4.45. The highest BCUT2D eigenvalue weighted by atomic mass is 15.2. The van der Waals surface area contributed by atoms with Crippen molar-refractivity contribution in [3.05, 3.63) is 41.6 Å². The van der Waals surface area contributed by atoms with Crippen LogP contribution < -0.4 is 10.6 Å². The fourth-order valence-corrected chi connectivity index (χ4v) is 1.90. The molecule has 5 nitrogen and oxygen atoms in total. The van der Waals surface area contributed by atoms with Crippen LogP contribution in [0.4, 0.5) is 5.82 Å². The highest BCUT2D eigenvalue weighted by Crippen LogP contribution is 2.18. The Morgan fingerprint density at radius 2 is 2.17 bits per heavy atom. The Morgan fingerprint density at radius 3 is 2.78 bits per heavy atom. The number of imidazole rings is 1. The third-order valence-electron chi connectivity index (χ3n) is 2.98. The number of rotatable bonds is 4. The molecule has 0 bridgehead atoms. The van der Waals surface area contributed by atoms with Gasteiger partial charge in [-0.3, -0.25) is 0 Å². The van der Waals surface area contributed by atoms with E-state index in [0.29, 0.717) is 13.1 Å². The van der Waals surface area contributed by atoms with Crippen LogP contribution in [0.25, 0.3) is 0 Å². The summed E-state index contributed by atoms with van der Waals surface area (Å²) >= 11 is 0. The summed E-state index contributed by atoms with van der Waals surface area (Å²) in [6.07, 6.45) is 3.74. The third kappa shape index (κ3) is 2.51. The molecule has 18 heavy (non-hydrogen) atoms. The van der Waals surface area contributed by atoms with Gasteiger partial charge in [0.15, 0.2) is 0 Å². The van der Waals surface area contributed by atoms with E-state index in [2.05, 4.69) is 14.9 Å². The molecule has 0 fully saturated rings. The lowest BCUT2D eigenvalue weighted by molar-refractivity contribution is 0.750. The Hall–Kier alpha value is -1.88. The number of anilines is 1. The predicted molar refractivity (Wildman–Crippen MR) is 72.2 cm³/mol. The molecule has 2 heterocycles. The molecular weight excluding hydrogens is 226 g/mol. The number of hydrogen-bond acceptors (Lipinski definition) is 4. The molecule has 0 saturated heterocycles. The van der Waals surface area contributed by atoms with Crippen molar-refractivity contribution in [2.24, 2.45) is 12.8 Å². The van der Waals surface area contributed by atoms with Gasteiger partial charge in [-0.1, -0.05) is 6.07 Å². The number of aromatic nitrogens is 3. The minimum Gasteiger partial charge on any atom is -0.352 e. The largest absolute Gasteiger partial charge is 0.352 e. The first-order chi connectivity index (χ1) is 8.61. The van der Waals surface area contributed by atoms with Crippen LogP contribution in [0.15, 0.2) is 24.5 Å². The molecule has 0 aliphatic carbocycles. The summed E-state index contributed by atoms with van der Waals surface area (Å²) in [7, 11) is 4.00. The number of pyridine rings is 1. The monoisotopic (exact) mass is 245 g/mol. The number of hydrogen-bond donors (Lipinski definition) is 1. The second-order valence-electron chi connectivity index (χ2n) is 4.45. The lowest BCUT2D eigenvalue weighted by Gasteiger charge is -2.21. The van der Waals surface area contributed by atoms with Crippen molar-refractivity contribution in [3.8, 4) is 0 Å². The van der Waals surface area contributed by atoms with Crippen LogP contribution in [0.3, 0.4) is 0 Å². The quantitative estimate of drug-likeness (QED) is 0.880. The first-order valence-corrected chi connectivity index (χ1v) is 5.95. The maximum absolute atomic E-state index is 5.75. The molecule has 2 aromatic rings. The Labute approximate surface area is 107 Å². The van der Waals surface area contributed by atoms with E-state index >= 15 is 0 Å². The van der Waals surface area contributed by atoms with Gasteiger partial charge < -0.3 is 15.2 Å². The van der Waals surface area contributed by atoms with Crippen molar-refractivity contribution in [1.82, 2.24) is 14.5 Å². The van der Waals surface area contributed by atoms with E-state index in [1.165, 1.54) is 0 Å². The first kappa shape index (κ1) is 12.6. The summed E-state index contributed by atoms with van der Waals surface area (Å²) in [5.41, 5.74) is 7.80. The molecule has 0 aliphatic rings. The van der Waals surface area contributed by atoms with Gasteiger partial charge in [0.2, 0.25) is 0 Å². The van der Waals surface area contributed by atoms with Gasteiger partial charge in [0, 0.05) is 44.3 Å². The lowest BCUT2D eigenvalue weighted by Crippen LogP contribution is -2.22. The van der Waals surface area contributed by atoms with Crippen molar-refractivity contribution in [1.29, 1.82) is 0 Å². The van der Waals surface area contributed by atoms with Crippen molar-refractivity contribution in [2.75, 3.05) is 11.9 Å². The average molecular weight is 245 g/mol. The molecule has 5 heteroatoms. The Balaban J connectivity index is 2.25. The smallest absolute Gasteiger partial charge is 0.133 e. The van der Waals surface area contributed by atoms with E-state index in [4.69, 9.17) is 5.73 Å². The average Bonchev–Trinajstić information content (AvgIpc) is 2.75. The highest BCUT2D eigenvalue weighted by Gasteiger charge is 2.11. The Bertz CT molecular complexity index is 532. The fraction of sp³-hybridized carbons (Fsp3) is 0.385. The molecule has 0 aromatic carbocycles. The molecule has 0 atom stereocenters. The van der Waals surface area contributed by atoms with Gasteiger partial charge in [-0.2, -0.15) is 0 Å². The topological polar surface area (TPSA) is 60.0 Å². The second kappa shape index (κ2) is 5.18. The summed E-state index contributed by atoms with van der Waals surface area (Å²) in [5, 5.41) is 0. The van der Waals surface area contributed by atoms with Gasteiger partial charge >= 0.3 is 0 Å². The standard InChI is InChI=1S/C13H19N5/c1-10-4-5-11(8-14)13(16-10)18(3)9-12-15-6-7-17(12)2/h4-7H,8-9,14H2,1-3H3. The normalized spacial score (nSPS) is 10.7. The summed E-state index contributed by atoms with van der Waals surface area (Å²) in [6, 6.07) is 4.02. The Kier molecular flexibility index (Phi) is 3.62. The molecule has 2 N–H and O–H groups in total. The molecule has 0 amide bonds. The van der Waals surface area contributed by atoms with Crippen LogP contribution in [0.1, 0.15) is 17.1 Å². The summed E-state index contributed by atoms with van der Waals surface area (Å²) in [4.78, 5) is 11.0. The van der Waals surface area contributed by atoms with Crippen molar-refractivity contribution < 1.29 is 0 Å². The minimum atomic E-state index is 0.494. The summed E-state index contributed by atoms with van der Waals surface area (Å²) in [6.45, 7) is 3.19. The molecule has 0 radical (unpaired) electrons. The van der Waals surface area contributed by atoms with Gasteiger partial charge in [-0.25, -0.2) is 9.97 Å². The number of nitrogens with two attached hydrogens (primary N) is 1. The van der Waals surface area contributed by atoms with E-state index < -0.39 is 0 Å². The van der Waals surface area contributed by atoms with Gasteiger partial charge in [-0.15, -0.1) is 0 Å². The van der Waals surface area contributed by atoms with Crippen LogP contribution in [-0.4, -0.2) is 21.6 Å². The van der Waals surface area contributed by atoms with Gasteiger partial charge in [0.05, 0.1) is 6.54 Å². The van der Waals surface area contributed by atoms with Crippen LogP contribution in [0.2, 0.25) is 0 Å². The molecule has 2 aromatic heterocycles. The van der Waals surface area contributed by atoms with E-state index in [0.717, 1.165) is 22.9 Å². The molecular formula is C13H19N5. The fourth-order valence-electron chi connectivity index (χ4n) is 1.90. The summed E-state index contributed by atoms with van der Waals surface area (Å²) < 4.78 is 2.01. The van der Waals surface area contributed by atoms with Gasteiger partial charge in [-0.05, 0) is 13.0 Å². The number of nitrogens with zero attached hydrogens (tertiary/aromatic N) is 4. The summed E-state index contributed by atoms with van der Waals surface area (Å²) in [5.74, 6) is 1.93. The van der Waals surface area contributed by atoms with E-state index in [9.17, 15) is 0 Å². The maximum atomic E-state index is 5.75. The molecule has 0 aliphatic heterocycles. The molecule has 96 valence electrons. The van der Waals surface area contributed by atoms with E-state index in [1.54, 1.807) is 6.20 Å². The van der Waals surface area contributed by atoms with E-state index in [-0.39, 0.29) is 0 Å². The molecule has 0 saturated carbocycles. The van der Waals surface area contributed by atoms with Crippen LogP contribution in [0, 0.1) is 6.92 Å². The third-order valence-corrected chi connectivity index (χ3v) is 2.98. The zero-order chi connectivity index (χ0) is 13.1. The predicted octanol–water partition coefficient (Wildman–Crippen LogP) is 1.22. The first-order valence-electron chi connectivity index (χ1n) is 5.95. The van der Waals surface area contributed by atoms with Crippen molar-refractivity contribution >= 4 is 5.82 Å². The SMILES string of the molecule is Cc1ccc(CN)c(N(C)Cc2nccn2C)n1. The van der Waals surface area contributed by atoms with E-state index in [1.807, 2.05) is 43.9 Å². The zero-order valence-electron chi connectivity index (χ0n) is 11.1. The Morgan fingerprint density at radius 1 is 1.39 bits per heavy atom. The molecule has 0 unspecified atom stereocenters. The lowest BCUT2D eigenvalue weighted by atomic mass is 10.2. The van der Waals surface area contributed by atoms with Crippen LogP contribution in [-0.2, 0) is 20.1 Å². The van der Waals surface area contributed by atoms with Crippen LogP contribution >= 0.6 is 0 Å². The zero-order valence-corrected chi connectivity index (χ0v) is 11.1. The minimum absolute atomic E-state index is 0.494. The van der Waals surface area contributed by atoms with Crippen molar-refractivity contribution in [2.45, 2.75) is 20.0 Å². The van der Waals surface area contributed by atoms with Crippen molar-refractivity contribution in [3.63, 3.8) is 0 Å².